The van der Waals surface area contributed by atoms with Crippen molar-refractivity contribution in [2.75, 3.05) is 0 Å². The zero-order valence-electron chi connectivity index (χ0n) is 13.9. The van der Waals surface area contributed by atoms with Crippen molar-refractivity contribution in [3.8, 4) is 0 Å². The summed E-state index contributed by atoms with van der Waals surface area (Å²) in [5, 5.41) is 0.212. The number of halogens is 1. The average Bonchev–Trinajstić information content (AvgIpc) is 2.82. The van der Waals surface area contributed by atoms with Crippen molar-refractivity contribution < 1.29 is 4.39 Å². The molecule has 1 unspecified atom stereocenters. The first-order chi connectivity index (χ1) is 12.2. The first-order valence-corrected chi connectivity index (χ1v) is 9.23. The molecule has 1 aliphatic rings. The smallest absolute Gasteiger partial charge is 0.123 e. The van der Waals surface area contributed by atoms with Crippen LogP contribution in [0.3, 0.4) is 0 Å². The molecule has 0 spiro atoms. The van der Waals surface area contributed by atoms with Crippen molar-refractivity contribution in [1.82, 2.24) is 0 Å². The number of fused-ring (bicyclic) bond motifs is 1. The van der Waals surface area contributed by atoms with Gasteiger partial charge < -0.3 is 0 Å². The second-order valence-corrected chi connectivity index (χ2v) is 7.50. The molecule has 0 N–H and O–H groups in total. The minimum Gasteiger partial charge on any atom is -0.252 e. The van der Waals surface area contributed by atoms with Crippen LogP contribution in [-0.2, 0) is 0 Å². The zero-order chi connectivity index (χ0) is 17.2. The van der Waals surface area contributed by atoms with Gasteiger partial charge in [0.15, 0.2) is 0 Å². The lowest BCUT2D eigenvalue weighted by Gasteiger charge is -2.16. The summed E-state index contributed by atoms with van der Waals surface area (Å²) in [6.07, 6.45) is 0.814. The summed E-state index contributed by atoms with van der Waals surface area (Å²) in [5.74, 6) is -0.199. The van der Waals surface area contributed by atoms with Gasteiger partial charge in [-0.25, -0.2) is 4.39 Å². The lowest BCUT2D eigenvalue weighted by atomic mass is 10.0. The Morgan fingerprint density at radius 3 is 2.40 bits per heavy atom. The summed E-state index contributed by atoms with van der Waals surface area (Å²) in [6, 6.07) is 23.6. The summed E-state index contributed by atoms with van der Waals surface area (Å²) in [5.41, 5.74) is 5.60. The number of aliphatic imine (C=N–C) groups is 1. The number of hydrogen-bond donors (Lipinski definition) is 0. The molecular weight excluding hydrogens is 329 g/mol. The molecule has 0 saturated carbocycles. The van der Waals surface area contributed by atoms with Crippen molar-refractivity contribution in [2.24, 2.45) is 4.99 Å². The zero-order valence-corrected chi connectivity index (χ0v) is 14.8. The van der Waals surface area contributed by atoms with E-state index in [0.717, 1.165) is 28.9 Å². The summed E-state index contributed by atoms with van der Waals surface area (Å²) >= 11 is 1.80. The number of thioether (sulfide) groups is 1. The van der Waals surface area contributed by atoms with E-state index in [1.807, 2.05) is 24.3 Å². The van der Waals surface area contributed by atoms with Crippen LogP contribution in [0.25, 0.3) is 0 Å². The van der Waals surface area contributed by atoms with Crippen LogP contribution >= 0.6 is 11.8 Å². The topological polar surface area (TPSA) is 12.4 Å². The van der Waals surface area contributed by atoms with E-state index >= 15 is 0 Å². The Bertz CT molecular complexity index is 914. The highest BCUT2D eigenvalue weighted by Crippen LogP contribution is 2.45. The van der Waals surface area contributed by atoms with Crippen LogP contribution < -0.4 is 0 Å². The van der Waals surface area contributed by atoms with Crippen molar-refractivity contribution in [1.29, 1.82) is 0 Å². The molecule has 1 atom stereocenters. The summed E-state index contributed by atoms with van der Waals surface area (Å²) in [4.78, 5) is 6.12. The van der Waals surface area contributed by atoms with Crippen LogP contribution in [0.15, 0.2) is 82.7 Å². The molecule has 0 aliphatic carbocycles. The summed E-state index contributed by atoms with van der Waals surface area (Å²) in [7, 11) is 0. The van der Waals surface area contributed by atoms with Gasteiger partial charge in [0.05, 0.1) is 5.69 Å². The molecular formula is C22H18FNS. The van der Waals surface area contributed by atoms with Gasteiger partial charge in [0.25, 0.3) is 0 Å². The molecule has 0 fully saturated rings. The Morgan fingerprint density at radius 2 is 1.64 bits per heavy atom. The third kappa shape index (κ3) is 3.52. The van der Waals surface area contributed by atoms with E-state index in [-0.39, 0.29) is 11.1 Å². The average molecular weight is 347 g/mol. The van der Waals surface area contributed by atoms with Crippen LogP contribution in [0.4, 0.5) is 10.1 Å². The first-order valence-electron chi connectivity index (χ1n) is 8.35. The van der Waals surface area contributed by atoms with Gasteiger partial charge in [-0.15, -0.1) is 11.8 Å². The van der Waals surface area contributed by atoms with Crippen molar-refractivity contribution in [3.05, 3.63) is 95.3 Å². The van der Waals surface area contributed by atoms with E-state index in [4.69, 9.17) is 4.99 Å². The lowest BCUT2D eigenvalue weighted by Crippen LogP contribution is -2.05. The largest absolute Gasteiger partial charge is 0.252 e. The third-order valence-electron chi connectivity index (χ3n) is 4.40. The standard InChI is InChI=1S/C22H18FNS/c1-15-6-8-16(9-7-15)20-14-22(17-10-12-18(23)13-11-17)25-21-5-3-2-4-19(21)24-20/h2-13,22H,14H2,1H3. The van der Waals surface area contributed by atoms with Crippen molar-refractivity contribution in [2.45, 2.75) is 23.5 Å². The second kappa shape index (κ2) is 6.85. The van der Waals surface area contributed by atoms with E-state index in [0.29, 0.717) is 0 Å². The fourth-order valence-corrected chi connectivity index (χ4v) is 4.23. The Hall–Kier alpha value is -2.39. The fourth-order valence-electron chi connectivity index (χ4n) is 3.00. The predicted octanol–water partition coefficient (Wildman–Crippen LogP) is 6.49. The molecule has 3 aromatic carbocycles. The van der Waals surface area contributed by atoms with Gasteiger partial charge >= 0.3 is 0 Å². The van der Waals surface area contributed by atoms with Gasteiger partial charge in [0.1, 0.15) is 5.82 Å². The molecule has 3 heteroatoms. The van der Waals surface area contributed by atoms with Crippen molar-refractivity contribution in [3.63, 3.8) is 0 Å². The normalized spacial score (nSPS) is 16.7. The Morgan fingerprint density at radius 1 is 0.920 bits per heavy atom. The number of nitrogens with zero attached hydrogens (tertiary/aromatic N) is 1. The first kappa shape index (κ1) is 16.1. The molecule has 25 heavy (non-hydrogen) atoms. The molecule has 0 amide bonds. The number of benzene rings is 3. The number of rotatable bonds is 2. The number of aryl methyl sites for hydroxylation is 1. The van der Waals surface area contributed by atoms with Crippen LogP contribution in [0, 0.1) is 12.7 Å². The fraction of sp³-hybridized carbons (Fsp3) is 0.136. The van der Waals surface area contributed by atoms with Gasteiger partial charge in [-0.3, -0.25) is 4.99 Å². The van der Waals surface area contributed by atoms with Gasteiger partial charge in [-0.2, -0.15) is 0 Å². The minimum atomic E-state index is -0.199. The quantitative estimate of drug-likeness (QED) is 0.516. The summed E-state index contributed by atoms with van der Waals surface area (Å²) in [6.45, 7) is 2.09. The van der Waals surface area contributed by atoms with Gasteiger partial charge in [0.2, 0.25) is 0 Å². The maximum absolute atomic E-state index is 13.3. The minimum absolute atomic E-state index is 0.199. The van der Waals surface area contributed by atoms with Crippen molar-refractivity contribution >= 4 is 23.2 Å². The molecule has 4 rings (SSSR count). The van der Waals surface area contributed by atoms with Crippen LogP contribution in [0.1, 0.15) is 28.4 Å². The molecule has 1 aliphatic heterocycles. The Balaban J connectivity index is 1.78. The molecule has 3 aromatic rings. The highest BCUT2D eigenvalue weighted by atomic mass is 32.2. The van der Waals surface area contributed by atoms with E-state index < -0.39 is 0 Å². The van der Waals surface area contributed by atoms with Crippen LogP contribution in [-0.4, -0.2) is 5.71 Å². The SMILES string of the molecule is Cc1ccc(C2=Nc3ccccc3SC(c3ccc(F)cc3)C2)cc1. The molecule has 124 valence electrons. The highest BCUT2D eigenvalue weighted by Gasteiger charge is 2.22. The second-order valence-electron chi connectivity index (χ2n) is 6.25. The van der Waals surface area contributed by atoms with E-state index in [2.05, 4.69) is 43.3 Å². The van der Waals surface area contributed by atoms with Gasteiger partial charge in [-0.05, 0) is 42.3 Å². The lowest BCUT2D eigenvalue weighted by molar-refractivity contribution is 0.627. The highest BCUT2D eigenvalue weighted by molar-refractivity contribution is 7.99. The van der Waals surface area contributed by atoms with E-state index in [1.165, 1.54) is 22.6 Å². The van der Waals surface area contributed by atoms with Gasteiger partial charge in [-0.1, -0.05) is 54.1 Å². The van der Waals surface area contributed by atoms with E-state index in [9.17, 15) is 4.39 Å². The maximum Gasteiger partial charge on any atom is 0.123 e. The Kier molecular flexibility index (Phi) is 4.41. The summed E-state index contributed by atoms with van der Waals surface area (Å²) < 4.78 is 13.3. The maximum atomic E-state index is 13.3. The molecule has 1 nitrogen and oxygen atoms in total. The third-order valence-corrected chi connectivity index (χ3v) is 5.72. The molecule has 0 aromatic heterocycles. The monoisotopic (exact) mass is 347 g/mol. The Labute approximate surface area is 151 Å². The van der Waals surface area contributed by atoms with Gasteiger partial charge in [0, 0.05) is 22.3 Å². The number of hydrogen-bond acceptors (Lipinski definition) is 2. The molecule has 0 bridgehead atoms. The molecule has 0 radical (unpaired) electrons. The van der Waals surface area contributed by atoms with Crippen LogP contribution in [0.5, 0.6) is 0 Å². The van der Waals surface area contributed by atoms with E-state index in [1.54, 1.807) is 11.8 Å². The molecule has 0 saturated heterocycles. The molecule has 1 heterocycles. The number of para-hydroxylation sites is 1. The predicted molar refractivity (Wildman–Crippen MR) is 103 cm³/mol. The van der Waals surface area contributed by atoms with Crippen LogP contribution in [0.2, 0.25) is 0 Å².